The third-order valence-corrected chi connectivity index (χ3v) is 3.79. The Morgan fingerprint density at radius 2 is 1.88 bits per heavy atom. The summed E-state index contributed by atoms with van der Waals surface area (Å²) in [6.07, 6.45) is 0. The molecule has 1 amide bonds. The number of carbonyl (C=O) groups excluding carboxylic acids is 1. The Kier molecular flexibility index (Phi) is 4.30. The van der Waals surface area contributed by atoms with Crippen molar-refractivity contribution in [2.24, 2.45) is 0 Å². The van der Waals surface area contributed by atoms with Gasteiger partial charge in [0.05, 0.1) is 4.92 Å². The van der Waals surface area contributed by atoms with Crippen LogP contribution in [0, 0.1) is 10.1 Å². The summed E-state index contributed by atoms with van der Waals surface area (Å²) < 4.78 is 5.15. The van der Waals surface area contributed by atoms with Crippen molar-refractivity contribution in [1.29, 1.82) is 0 Å². The van der Waals surface area contributed by atoms with Gasteiger partial charge in [-0.3, -0.25) is 14.9 Å². The fourth-order valence-corrected chi connectivity index (χ4v) is 2.57. The Balaban J connectivity index is 2.10. The molecule has 7 heteroatoms. The molecule has 0 saturated carbocycles. The number of amides is 1. The lowest BCUT2D eigenvalue weighted by atomic mass is 10.1. The van der Waals surface area contributed by atoms with Gasteiger partial charge in [-0.1, -0.05) is 18.2 Å². The van der Waals surface area contributed by atoms with Crippen LogP contribution in [0.5, 0.6) is 0 Å². The molecular weight excluding hydrogens is 324 g/mol. The van der Waals surface area contributed by atoms with Crippen molar-refractivity contribution in [2.45, 2.75) is 6.92 Å². The molecule has 0 spiro atoms. The molecule has 3 rings (SSSR count). The van der Waals surface area contributed by atoms with E-state index < -0.39 is 16.5 Å². The lowest BCUT2D eigenvalue weighted by Gasteiger charge is -2.20. The molecule has 0 N–H and O–H groups in total. The first-order chi connectivity index (χ1) is 12.0. The molecule has 7 nitrogen and oxygen atoms in total. The molecule has 0 fully saturated rings. The van der Waals surface area contributed by atoms with Crippen LogP contribution in [0.1, 0.15) is 17.3 Å². The quantitative estimate of drug-likeness (QED) is 0.413. The van der Waals surface area contributed by atoms with Gasteiger partial charge >= 0.3 is 5.63 Å². The van der Waals surface area contributed by atoms with Gasteiger partial charge in [0.1, 0.15) is 11.1 Å². The van der Waals surface area contributed by atoms with E-state index in [0.717, 1.165) is 0 Å². The van der Waals surface area contributed by atoms with E-state index in [9.17, 15) is 19.7 Å². The minimum Gasteiger partial charge on any atom is -0.422 e. The molecule has 0 unspecified atom stereocenters. The predicted octanol–water partition coefficient (Wildman–Crippen LogP) is 3.37. The van der Waals surface area contributed by atoms with Crippen LogP contribution in [0.25, 0.3) is 11.0 Å². The van der Waals surface area contributed by atoms with Crippen molar-refractivity contribution in [3.05, 3.63) is 80.7 Å². The normalized spacial score (nSPS) is 10.6. The topological polar surface area (TPSA) is 93.7 Å². The molecule has 0 radical (unpaired) electrons. The summed E-state index contributed by atoms with van der Waals surface area (Å²) in [5.41, 5.74) is -0.252. The summed E-state index contributed by atoms with van der Waals surface area (Å²) in [5.74, 6) is -0.518. The van der Waals surface area contributed by atoms with Crippen LogP contribution < -0.4 is 10.5 Å². The number of fused-ring (bicyclic) bond motifs is 1. The predicted molar refractivity (Wildman–Crippen MR) is 92.9 cm³/mol. The lowest BCUT2D eigenvalue weighted by Crippen LogP contribution is -2.33. The molecule has 126 valence electrons. The van der Waals surface area contributed by atoms with Crippen LogP contribution >= 0.6 is 0 Å². The summed E-state index contributed by atoms with van der Waals surface area (Å²) in [6, 6.07) is 14.1. The highest BCUT2D eigenvalue weighted by molar-refractivity contribution is 6.07. The van der Waals surface area contributed by atoms with Crippen LogP contribution in [0.2, 0.25) is 0 Å². The van der Waals surface area contributed by atoms with Gasteiger partial charge < -0.3 is 9.32 Å². The molecule has 1 aromatic heterocycles. The lowest BCUT2D eigenvalue weighted by molar-refractivity contribution is -0.384. The van der Waals surface area contributed by atoms with Gasteiger partial charge in [0.15, 0.2) is 0 Å². The number of non-ortho nitro benzene ring substituents is 1. The molecule has 1 heterocycles. The minimum atomic E-state index is -0.777. The van der Waals surface area contributed by atoms with E-state index in [4.69, 9.17) is 4.42 Å². The van der Waals surface area contributed by atoms with Gasteiger partial charge in [-0.25, -0.2) is 4.79 Å². The van der Waals surface area contributed by atoms with Crippen LogP contribution in [0.15, 0.2) is 63.8 Å². The number of hydrogen-bond acceptors (Lipinski definition) is 5. The second-order valence-corrected chi connectivity index (χ2v) is 5.31. The van der Waals surface area contributed by atoms with E-state index >= 15 is 0 Å². The van der Waals surface area contributed by atoms with Gasteiger partial charge in [-0.2, -0.15) is 0 Å². The zero-order chi connectivity index (χ0) is 18.0. The van der Waals surface area contributed by atoms with Crippen molar-refractivity contribution in [2.75, 3.05) is 11.4 Å². The molecule has 0 aliphatic rings. The maximum Gasteiger partial charge on any atom is 0.349 e. The largest absolute Gasteiger partial charge is 0.422 e. The number of rotatable bonds is 4. The van der Waals surface area contributed by atoms with Gasteiger partial charge in [0, 0.05) is 29.8 Å². The van der Waals surface area contributed by atoms with Crippen LogP contribution in [-0.4, -0.2) is 17.4 Å². The monoisotopic (exact) mass is 338 g/mol. The highest BCUT2D eigenvalue weighted by Gasteiger charge is 2.21. The number of nitro groups is 1. The van der Waals surface area contributed by atoms with Crippen molar-refractivity contribution in [3.63, 3.8) is 0 Å². The van der Waals surface area contributed by atoms with E-state index in [-0.39, 0.29) is 16.8 Å². The molecule has 0 bridgehead atoms. The van der Waals surface area contributed by atoms with Crippen molar-refractivity contribution in [1.82, 2.24) is 0 Å². The summed E-state index contributed by atoms with van der Waals surface area (Å²) in [4.78, 5) is 36.8. The number of benzene rings is 2. The SMILES string of the molecule is CCN(C(=O)c1cc2cc([N+](=O)[O-])ccc2oc1=O)c1ccccc1. The Bertz CT molecular complexity index is 1010. The van der Waals surface area contributed by atoms with E-state index in [1.807, 2.05) is 6.07 Å². The first kappa shape index (κ1) is 16.4. The number of para-hydroxylation sites is 1. The van der Waals surface area contributed by atoms with Crippen molar-refractivity contribution in [3.8, 4) is 0 Å². The molecule has 0 atom stereocenters. The van der Waals surface area contributed by atoms with Crippen LogP contribution in [-0.2, 0) is 0 Å². The van der Waals surface area contributed by atoms with Gasteiger partial charge in [0.25, 0.3) is 11.6 Å². The Hall–Kier alpha value is -3.48. The molecular formula is C18H14N2O5. The maximum absolute atomic E-state index is 12.8. The summed E-state index contributed by atoms with van der Waals surface area (Å²) >= 11 is 0. The van der Waals surface area contributed by atoms with Crippen LogP contribution in [0.4, 0.5) is 11.4 Å². The molecule has 0 saturated heterocycles. The number of nitro benzene ring substituents is 1. The second-order valence-electron chi connectivity index (χ2n) is 5.31. The minimum absolute atomic E-state index is 0.143. The Morgan fingerprint density at radius 1 is 1.16 bits per heavy atom. The maximum atomic E-state index is 12.8. The van der Waals surface area contributed by atoms with Gasteiger partial charge in [0.2, 0.25) is 0 Å². The average molecular weight is 338 g/mol. The Labute approximate surface area is 142 Å². The van der Waals surface area contributed by atoms with E-state index in [0.29, 0.717) is 17.6 Å². The molecule has 2 aromatic carbocycles. The standard InChI is InChI=1S/C18H14N2O5/c1-2-19(13-6-4-3-5-7-13)17(21)15-11-12-10-14(20(23)24)8-9-16(12)25-18(15)22/h3-11H,2H2,1H3. The fourth-order valence-electron chi connectivity index (χ4n) is 2.57. The zero-order valence-corrected chi connectivity index (χ0v) is 13.3. The number of hydrogen-bond donors (Lipinski definition) is 0. The van der Waals surface area contributed by atoms with E-state index in [1.165, 1.54) is 29.2 Å². The summed E-state index contributed by atoms with van der Waals surface area (Å²) in [6.45, 7) is 2.15. The fraction of sp³-hybridized carbons (Fsp3) is 0.111. The number of nitrogens with zero attached hydrogens (tertiary/aromatic N) is 2. The second kappa shape index (κ2) is 6.56. The average Bonchev–Trinajstić information content (AvgIpc) is 2.62. The summed E-state index contributed by atoms with van der Waals surface area (Å²) in [5, 5.41) is 11.2. The van der Waals surface area contributed by atoms with Gasteiger partial charge in [-0.05, 0) is 31.2 Å². The first-order valence-electron chi connectivity index (χ1n) is 7.60. The first-order valence-corrected chi connectivity index (χ1v) is 7.60. The van der Waals surface area contributed by atoms with Crippen LogP contribution in [0.3, 0.4) is 0 Å². The number of anilines is 1. The van der Waals surface area contributed by atoms with Gasteiger partial charge in [-0.15, -0.1) is 0 Å². The smallest absolute Gasteiger partial charge is 0.349 e. The Morgan fingerprint density at radius 3 is 2.52 bits per heavy atom. The van der Waals surface area contributed by atoms with Crippen molar-refractivity contribution >= 4 is 28.3 Å². The van der Waals surface area contributed by atoms with E-state index in [1.54, 1.807) is 31.2 Å². The highest BCUT2D eigenvalue weighted by atomic mass is 16.6. The highest BCUT2D eigenvalue weighted by Crippen LogP contribution is 2.22. The molecule has 0 aliphatic heterocycles. The van der Waals surface area contributed by atoms with Crippen molar-refractivity contribution < 1.29 is 14.1 Å². The molecule has 3 aromatic rings. The zero-order valence-electron chi connectivity index (χ0n) is 13.3. The number of carbonyl (C=O) groups is 1. The molecule has 25 heavy (non-hydrogen) atoms. The third kappa shape index (κ3) is 3.12. The third-order valence-electron chi connectivity index (χ3n) is 3.79. The summed E-state index contributed by atoms with van der Waals surface area (Å²) in [7, 11) is 0. The van der Waals surface area contributed by atoms with E-state index in [2.05, 4.69) is 0 Å². The molecule has 0 aliphatic carbocycles.